The fourth-order valence-electron chi connectivity index (χ4n) is 8.95. The van der Waals surface area contributed by atoms with Crippen molar-refractivity contribution in [3.63, 3.8) is 0 Å². The van der Waals surface area contributed by atoms with Gasteiger partial charge in [0.25, 0.3) is 0 Å². The Hall–Kier alpha value is -6.62. The van der Waals surface area contributed by atoms with Crippen molar-refractivity contribution in [2.45, 2.75) is 12.8 Å². The van der Waals surface area contributed by atoms with Crippen molar-refractivity contribution >= 4 is 91.8 Å². The van der Waals surface area contributed by atoms with Gasteiger partial charge in [-0.25, -0.2) is 9.97 Å². The van der Waals surface area contributed by atoms with Gasteiger partial charge in [0, 0.05) is 47.3 Å². The fraction of sp³-hybridized carbons (Fsp3) is 0.0400. The molecule has 3 nitrogen and oxygen atoms in total. The summed E-state index contributed by atoms with van der Waals surface area (Å²) in [4.78, 5) is 11.0. The van der Waals surface area contributed by atoms with Crippen LogP contribution < -0.4 is 0 Å². The van der Waals surface area contributed by atoms with E-state index in [-0.39, 0.29) is 0 Å². The Morgan fingerprint density at radius 3 is 2.24 bits per heavy atom. The maximum Gasteiger partial charge on any atom is 0.235 e. The number of rotatable bonds is 3. The Bertz CT molecular complexity index is 3380. The van der Waals surface area contributed by atoms with Gasteiger partial charge >= 0.3 is 0 Å². The number of benzene rings is 8. The normalized spacial score (nSPS) is 13.0. The van der Waals surface area contributed by atoms with Crippen molar-refractivity contribution in [1.82, 2.24) is 14.5 Å². The smallest absolute Gasteiger partial charge is 0.235 e. The van der Waals surface area contributed by atoms with Crippen molar-refractivity contribution < 1.29 is 0 Å². The topological polar surface area (TPSA) is 30.7 Å². The highest BCUT2D eigenvalue weighted by Gasteiger charge is 2.20. The molecule has 0 N–H and O–H groups in total. The minimum Gasteiger partial charge on any atom is -0.278 e. The molecular formula is C50H31N3S. The molecule has 0 atom stereocenters. The van der Waals surface area contributed by atoms with E-state index in [9.17, 15) is 0 Å². The number of hydrogen-bond acceptors (Lipinski definition) is 3. The molecule has 3 heterocycles. The molecule has 4 heteroatoms. The molecule has 0 fully saturated rings. The molecule has 0 amide bonds. The minimum atomic E-state index is 0.676. The van der Waals surface area contributed by atoms with Gasteiger partial charge in [0.2, 0.25) is 5.95 Å². The summed E-state index contributed by atoms with van der Waals surface area (Å²) in [5, 5.41) is 10.8. The van der Waals surface area contributed by atoms with Crippen molar-refractivity contribution in [2.24, 2.45) is 0 Å². The van der Waals surface area contributed by atoms with Crippen molar-refractivity contribution in [2.75, 3.05) is 0 Å². The van der Waals surface area contributed by atoms with Crippen LogP contribution in [0.25, 0.3) is 109 Å². The molecule has 12 rings (SSSR count). The minimum absolute atomic E-state index is 0.676. The molecule has 11 aromatic rings. The summed E-state index contributed by atoms with van der Waals surface area (Å²) < 4.78 is 4.91. The Labute approximate surface area is 315 Å². The SMILES string of the molecule is C1=Cc2cccc(-c3ccc(-c4nc(-n5c6ccccc6c6cc7ccc8sc9ccccc9c8c7cc65)nc5c4ccc4ccccc45)cc3)c2CC1. The van der Waals surface area contributed by atoms with Crippen LogP contribution in [0.2, 0.25) is 0 Å². The molecule has 0 aliphatic heterocycles. The highest BCUT2D eigenvalue weighted by molar-refractivity contribution is 7.26. The summed E-state index contributed by atoms with van der Waals surface area (Å²) in [6.45, 7) is 0. The van der Waals surface area contributed by atoms with Gasteiger partial charge < -0.3 is 0 Å². The first-order valence-corrected chi connectivity index (χ1v) is 19.4. The monoisotopic (exact) mass is 705 g/mol. The fourth-order valence-corrected chi connectivity index (χ4v) is 10.1. The highest BCUT2D eigenvalue weighted by Crippen LogP contribution is 2.42. The van der Waals surface area contributed by atoms with E-state index in [2.05, 4.69) is 168 Å². The van der Waals surface area contributed by atoms with Gasteiger partial charge in [0.05, 0.1) is 22.2 Å². The summed E-state index contributed by atoms with van der Waals surface area (Å²) in [5.41, 5.74) is 10.5. The van der Waals surface area contributed by atoms with Crippen LogP contribution in [0.1, 0.15) is 17.5 Å². The molecule has 1 aliphatic carbocycles. The number of aromatic nitrogens is 3. The first-order chi connectivity index (χ1) is 26.8. The van der Waals surface area contributed by atoms with E-state index in [0.717, 1.165) is 51.4 Å². The van der Waals surface area contributed by atoms with Gasteiger partial charge in [-0.05, 0) is 87.7 Å². The van der Waals surface area contributed by atoms with Gasteiger partial charge in [-0.1, -0.05) is 127 Å². The van der Waals surface area contributed by atoms with Crippen LogP contribution in [0.15, 0.2) is 158 Å². The van der Waals surface area contributed by atoms with E-state index >= 15 is 0 Å². The number of thiophene rings is 1. The molecule has 3 aromatic heterocycles. The highest BCUT2D eigenvalue weighted by atomic mass is 32.1. The first kappa shape index (κ1) is 29.9. The number of allylic oxidation sites excluding steroid dienone is 1. The predicted molar refractivity (Wildman–Crippen MR) is 230 cm³/mol. The van der Waals surface area contributed by atoms with E-state index in [1.165, 1.54) is 69.4 Å². The lowest BCUT2D eigenvalue weighted by Crippen LogP contribution is -2.04. The average Bonchev–Trinajstić information content (AvgIpc) is 3.78. The molecule has 252 valence electrons. The van der Waals surface area contributed by atoms with Crippen molar-refractivity contribution in [1.29, 1.82) is 0 Å². The Morgan fingerprint density at radius 1 is 0.519 bits per heavy atom. The summed E-state index contributed by atoms with van der Waals surface area (Å²) in [6, 6.07) is 55.4. The van der Waals surface area contributed by atoms with Gasteiger partial charge in [-0.3, -0.25) is 4.57 Å². The molecule has 0 saturated heterocycles. The summed E-state index contributed by atoms with van der Waals surface area (Å²) in [7, 11) is 0. The van der Waals surface area contributed by atoms with Crippen LogP contribution in [0.3, 0.4) is 0 Å². The lowest BCUT2D eigenvalue weighted by atomic mass is 9.89. The van der Waals surface area contributed by atoms with E-state index in [1.807, 2.05) is 11.3 Å². The Kier molecular flexibility index (Phi) is 6.33. The lowest BCUT2D eigenvalue weighted by molar-refractivity contribution is 0.988. The van der Waals surface area contributed by atoms with Crippen LogP contribution in [-0.4, -0.2) is 14.5 Å². The molecular weight excluding hydrogens is 675 g/mol. The number of hydrogen-bond donors (Lipinski definition) is 0. The van der Waals surface area contributed by atoms with E-state index in [4.69, 9.17) is 9.97 Å². The van der Waals surface area contributed by atoms with Crippen LogP contribution in [-0.2, 0) is 6.42 Å². The second-order valence-corrected chi connectivity index (χ2v) is 15.5. The van der Waals surface area contributed by atoms with E-state index < -0.39 is 0 Å². The zero-order chi connectivity index (χ0) is 35.3. The Morgan fingerprint density at radius 2 is 1.31 bits per heavy atom. The molecule has 0 radical (unpaired) electrons. The van der Waals surface area contributed by atoms with Gasteiger partial charge in [0.15, 0.2) is 0 Å². The zero-order valence-electron chi connectivity index (χ0n) is 29.3. The maximum atomic E-state index is 5.52. The second kappa shape index (κ2) is 11.4. The third kappa shape index (κ3) is 4.35. The molecule has 8 aromatic carbocycles. The van der Waals surface area contributed by atoms with Crippen molar-refractivity contribution in [3.05, 3.63) is 169 Å². The number of nitrogens with zero attached hydrogens (tertiary/aromatic N) is 3. The molecule has 0 bridgehead atoms. The van der Waals surface area contributed by atoms with Crippen LogP contribution >= 0.6 is 11.3 Å². The Balaban J connectivity index is 1.14. The maximum absolute atomic E-state index is 5.52. The quantitative estimate of drug-likeness (QED) is 0.171. The van der Waals surface area contributed by atoms with Crippen LogP contribution in [0.4, 0.5) is 0 Å². The summed E-state index contributed by atoms with van der Waals surface area (Å²) >= 11 is 1.86. The third-order valence-corrected chi connectivity index (χ3v) is 12.6. The third-order valence-electron chi connectivity index (χ3n) is 11.5. The molecule has 1 aliphatic rings. The van der Waals surface area contributed by atoms with E-state index in [0.29, 0.717) is 5.95 Å². The number of para-hydroxylation sites is 1. The number of fused-ring (bicyclic) bond motifs is 12. The average molecular weight is 706 g/mol. The zero-order valence-corrected chi connectivity index (χ0v) is 30.1. The summed E-state index contributed by atoms with van der Waals surface area (Å²) in [5.74, 6) is 0.676. The van der Waals surface area contributed by atoms with Crippen molar-refractivity contribution in [3.8, 4) is 28.3 Å². The molecule has 0 unspecified atom stereocenters. The van der Waals surface area contributed by atoms with Gasteiger partial charge in [-0.2, -0.15) is 0 Å². The summed E-state index contributed by atoms with van der Waals surface area (Å²) in [6.07, 6.45) is 6.69. The molecule has 0 spiro atoms. The van der Waals surface area contributed by atoms with Gasteiger partial charge in [-0.15, -0.1) is 11.3 Å². The van der Waals surface area contributed by atoms with Crippen LogP contribution in [0.5, 0.6) is 0 Å². The predicted octanol–water partition coefficient (Wildman–Crippen LogP) is 13.7. The van der Waals surface area contributed by atoms with E-state index in [1.54, 1.807) is 0 Å². The van der Waals surface area contributed by atoms with Gasteiger partial charge in [0.1, 0.15) is 0 Å². The molecule has 0 saturated carbocycles. The largest absolute Gasteiger partial charge is 0.278 e. The first-order valence-electron chi connectivity index (χ1n) is 18.6. The standard InChI is InChI=1S/C50H31N3S/c1-3-13-35-30(10-1)12-9-17-36(35)32-20-22-33(23-21-32)48-40-26-24-31-11-2-4-14-37(31)49(40)52-50(51-48)53-43-18-7-5-15-38(43)42-28-34-25-27-46-47(41(34)29-44(42)53)39-16-6-8-19-45(39)54-46/h1-2,4-12,14-29H,3,13H2. The molecule has 54 heavy (non-hydrogen) atoms. The lowest BCUT2D eigenvalue weighted by Gasteiger charge is -2.16. The van der Waals surface area contributed by atoms with Crippen LogP contribution in [0, 0.1) is 0 Å². The second-order valence-electron chi connectivity index (χ2n) is 14.4.